The number of para-hydroxylation sites is 2. The van der Waals surface area contributed by atoms with E-state index >= 15 is 0 Å². The molecule has 3 aromatic rings. The number of hydrogen-bond acceptors (Lipinski definition) is 12. The van der Waals surface area contributed by atoms with Crippen molar-refractivity contribution in [3.8, 4) is 23.3 Å². The highest BCUT2D eigenvalue weighted by Crippen LogP contribution is 2.49. The summed E-state index contributed by atoms with van der Waals surface area (Å²) < 4.78 is 16.8. The summed E-state index contributed by atoms with van der Waals surface area (Å²) >= 11 is 2.45. The number of nitrogens with two attached hydrogens (primary N) is 1. The second kappa shape index (κ2) is 12.5. The van der Waals surface area contributed by atoms with Crippen molar-refractivity contribution in [2.24, 2.45) is 5.73 Å². The van der Waals surface area contributed by atoms with E-state index in [1.54, 1.807) is 42.3 Å². The number of methoxy groups -OCH3 is 3. The van der Waals surface area contributed by atoms with Crippen molar-refractivity contribution in [2.75, 3.05) is 37.3 Å². The van der Waals surface area contributed by atoms with E-state index in [-0.39, 0.29) is 28.8 Å². The molecule has 0 spiro atoms. The molecular weight excluding hydrogens is 576 g/mol. The molecule has 1 aliphatic carbocycles. The van der Waals surface area contributed by atoms with E-state index in [2.05, 4.69) is 21.6 Å². The SMILES string of the molecule is COc1ccc(C2C(C#N)=C(N)N(c3nnc(SCC(=O)Nc4ccccc4OC)s3)C3=C2C(=O)CCC3)c(OC)c1. The number of benzene rings is 2. The average Bonchev–Trinajstić information content (AvgIpc) is 3.48. The molecule has 0 saturated heterocycles. The molecule has 0 fully saturated rings. The normalized spacial score (nSPS) is 16.6. The molecule has 13 heteroatoms. The lowest BCUT2D eigenvalue weighted by Gasteiger charge is -2.38. The highest BCUT2D eigenvalue weighted by Gasteiger charge is 2.42. The largest absolute Gasteiger partial charge is 0.497 e. The number of carbonyl (C=O) groups excluding carboxylic acids is 2. The van der Waals surface area contributed by atoms with Gasteiger partial charge < -0.3 is 25.3 Å². The molecule has 2 aliphatic rings. The number of anilines is 2. The summed E-state index contributed by atoms with van der Waals surface area (Å²) in [5, 5.41) is 22.1. The fourth-order valence-corrected chi connectivity index (χ4v) is 6.77. The lowest BCUT2D eigenvalue weighted by molar-refractivity contribution is -0.116. The van der Waals surface area contributed by atoms with Crippen LogP contribution in [0.25, 0.3) is 0 Å². The molecule has 3 N–H and O–H groups in total. The lowest BCUT2D eigenvalue weighted by Crippen LogP contribution is -2.38. The molecule has 5 rings (SSSR count). The quantitative estimate of drug-likeness (QED) is 0.330. The first-order valence-corrected chi connectivity index (χ1v) is 14.8. The number of nitrogens with zero attached hydrogens (tertiary/aromatic N) is 4. The molecule has 1 aromatic heterocycles. The Bertz CT molecular complexity index is 1640. The number of Topliss-reactive ketones (excluding diaryl/α,β-unsaturated/α-hetero) is 1. The first kappa shape index (κ1) is 29.0. The summed E-state index contributed by atoms with van der Waals surface area (Å²) in [5.74, 6) is 0.911. The smallest absolute Gasteiger partial charge is 0.234 e. The predicted molar refractivity (Wildman–Crippen MR) is 160 cm³/mol. The van der Waals surface area contributed by atoms with Crippen LogP contribution in [0.4, 0.5) is 10.8 Å². The van der Waals surface area contributed by atoms with Crippen molar-refractivity contribution in [1.29, 1.82) is 5.26 Å². The molecule has 1 aliphatic heterocycles. The van der Waals surface area contributed by atoms with Gasteiger partial charge in [-0.05, 0) is 31.0 Å². The highest BCUT2D eigenvalue weighted by molar-refractivity contribution is 8.01. The molecule has 0 saturated carbocycles. The first-order valence-electron chi connectivity index (χ1n) is 13.0. The van der Waals surface area contributed by atoms with E-state index in [0.29, 0.717) is 68.5 Å². The van der Waals surface area contributed by atoms with Gasteiger partial charge in [0.15, 0.2) is 10.1 Å². The van der Waals surface area contributed by atoms with Crippen molar-refractivity contribution < 1.29 is 23.8 Å². The first-order chi connectivity index (χ1) is 20.4. The Morgan fingerprint density at radius 2 is 1.93 bits per heavy atom. The summed E-state index contributed by atoms with van der Waals surface area (Å²) in [6.07, 6.45) is 1.57. The van der Waals surface area contributed by atoms with Crippen LogP contribution in [-0.4, -0.2) is 49.0 Å². The molecule has 1 atom stereocenters. The molecule has 2 heterocycles. The third kappa shape index (κ3) is 5.50. The number of thioether (sulfide) groups is 1. The zero-order valence-corrected chi connectivity index (χ0v) is 24.8. The molecule has 2 aromatic carbocycles. The monoisotopic (exact) mass is 604 g/mol. The van der Waals surface area contributed by atoms with Gasteiger partial charge in [0.25, 0.3) is 0 Å². The Hall–Kier alpha value is -4.54. The molecule has 1 amide bonds. The Balaban J connectivity index is 1.45. The number of ketones is 1. The number of nitrogens with one attached hydrogen (secondary N) is 1. The molecule has 11 nitrogen and oxygen atoms in total. The van der Waals surface area contributed by atoms with Gasteiger partial charge in [0, 0.05) is 29.3 Å². The van der Waals surface area contributed by atoms with E-state index in [0.717, 1.165) is 0 Å². The number of amides is 1. The van der Waals surface area contributed by atoms with Crippen LogP contribution < -0.4 is 30.2 Å². The third-order valence-corrected chi connectivity index (χ3v) is 9.00. The summed E-state index contributed by atoms with van der Waals surface area (Å²) in [6.45, 7) is 0. The highest BCUT2D eigenvalue weighted by atomic mass is 32.2. The van der Waals surface area contributed by atoms with E-state index in [9.17, 15) is 14.9 Å². The van der Waals surface area contributed by atoms with Gasteiger partial charge >= 0.3 is 0 Å². The standard InChI is InChI=1S/C29H28N6O5S2/c1-38-16-11-12-17(23(13-16)40-3)25-18(14-30)27(31)35(20-8-6-9-21(36)26(20)25)28-33-34-29(42-28)41-15-24(37)32-19-7-4-5-10-22(19)39-2/h4-5,7,10-13,25H,6,8-9,15,31H2,1-3H3,(H,32,37). The minimum absolute atomic E-state index is 0.0588. The maximum absolute atomic E-state index is 13.4. The van der Waals surface area contributed by atoms with Crippen LogP contribution in [-0.2, 0) is 9.59 Å². The van der Waals surface area contributed by atoms with Crippen LogP contribution >= 0.6 is 23.1 Å². The van der Waals surface area contributed by atoms with Crippen molar-refractivity contribution in [3.05, 3.63) is 70.7 Å². The van der Waals surface area contributed by atoms with Gasteiger partial charge in [0.2, 0.25) is 11.0 Å². The fraction of sp³-hybridized carbons (Fsp3) is 0.276. The summed E-state index contributed by atoms with van der Waals surface area (Å²) in [4.78, 5) is 27.7. The second-order valence-electron chi connectivity index (χ2n) is 9.31. The number of allylic oxidation sites excluding steroid dienone is 3. The minimum Gasteiger partial charge on any atom is -0.497 e. The predicted octanol–water partition coefficient (Wildman–Crippen LogP) is 4.60. The Kier molecular flexibility index (Phi) is 8.65. The minimum atomic E-state index is -0.699. The van der Waals surface area contributed by atoms with Gasteiger partial charge in [-0.3, -0.25) is 14.5 Å². The van der Waals surface area contributed by atoms with E-state index in [1.807, 2.05) is 12.1 Å². The zero-order chi connectivity index (χ0) is 29.8. The van der Waals surface area contributed by atoms with Crippen molar-refractivity contribution in [3.63, 3.8) is 0 Å². The fourth-order valence-electron chi connectivity index (χ4n) is 5.09. The molecule has 0 bridgehead atoms. The number of hydrogen-bond donors (Lipinski definition) is 2. The number of ether oxygens (including phenoxy) is 3. The Morgan fingerprint density at radius 1 is 1.14 bits per heavy atom. The lowest BCUT2D eigenvalue weighted by atomic mass is 9.75. The molecular formula is C29H28N6O5S2. The number of rotatable bonds is 9. The van der Waals surface area contributed by atoms with E-state index < -0.39 is 5.92 Å². The zero-order valence-electron chi connectivity index (χ0n) is 23.2. The van der Waals surface area contributed by atoms with Crippen LogP contribution in [0.3, 0.4) is 0 Å². The second-order valence-corrected chi connectivity index (χ2v) is 11.5. The van der Waals surface area contributed by atoms with Crippen molar-refractivity contribution >= 4 is 45.6 Å². The summed E-state index contributed by atoms with van der Waals surface area (Å²) in [7, 11) is 4.62. The van der Waals surface area contributed by atoms with Crippen LogP contribution in [0, 0.1) is 11.3 Å². The summed E-state index contributed by atoms with van der Waals surface area (Å²) in [6, 6.07) is 14.7. The van der Waals surface area contributed by atoms with E-state index in [4.69, 9.17) is 19.9 Å². The van der Waals surface area contributed by atoms with Crippen LogP contribution in [0.1, 0.15) is 30.7 Å². The molecule has 216 valence electrons. The van der Waals surface area contributed by atoms with Crippen molar-refractivity contribution in [1.82, 2.24) is 10.2 Å². The molecule has 1 unspecified atom stereocenters. The van der Waals surface area contributed by atoms with Crippen LogP contribution in [0.15, 0.2) is 69.5 Å². The summed E-state index contributed by atoms with van der Waals surface area (Å²) in [5.41, 5.74) is 9.29. The van der Waals surface area contributed by atoms with Gasteiger partial charge in [-0.1, -0.05) is 41.3 Å². The van der Waals surface area contributed by atoms with Gasteiger partial charge in [-0.25, -0.2) is 0 Å². The van der Waals surface area contributed by atoms with Gasteiger partial charge in [0.05, 0.1) is 50.3 Å². The van der Waals surface area contributed by atoms with Gasteiger partial charge in [-0.2, -0.15) is 5.26 Å². The number of carbonyl (C=O) groups is 2. The topological polar surface area (TPSA) is 153 Å². The maximum atomic E-state index is 13.4. The molecule has 42 heavy (non-hydrogen) atoms. The molecule has 0 radical (unpaired) electrons. The van der Waals surface area contributed by atoms with Crippen LogP contribution in [0.5, 0.6) is 17.2 Å². The van der Waals surface area contributed by atoms with E-state index in [1.165, 1.54) is 37.3 Å². The van der Waals surface area contributed by atoms with Gasteiger partial charge in [0.1, 0.15) is 23.1 Å². The average molecular weight is 605 g/mol. The Morgan fingerprint density at radius 3 is 2.67 bits per heavy atom. The third-order valence-electron chi connectivity index (χ3n) is 6.96. The van der Waals surface area contributed by atoms with Crippen LogP contribution in [0.2, 0.25) is 0 Å². The Labute approximate surface area is 251 Å². The van der Waals surface area contributed by atoms with Crippen molar-refractivity contribution in [2.45, 2.75) is 29.5 Å². The number of aromatic nitrogens is 2. The van der Waals surface area contributed by atoms with Gasteiger partial charge in [-0.15, -0.1) is 10.2 Å². The number of nitriles is 1. The maximum Gasteiger partial charge on any atom is 0.234 e.